The Morgan fingerprint density at radius 1 is 1.35 bits per heavy atom. The van der Waals surface area contributed by atoms with Crippen LogP contribution in [0, 0.1) is 0 Å². The maximum atomic E-state index is 11.8. The van der Waals surface area contributed by atoms with Crippen LogP contribution in [0.5, 0.6) is 0 Å². The normalized spacial score (nSPS) is 26.1. The third-order valence-electron chi connectivity index (χ3n) is 3.34. The minimum absolute atomic E-state index is 0.292. The van der Waals surface area contributed by atoms with Crippen LogP contribution in [0.25, 0.3) is 0 Å². The summed E-state index contributed by atoms with van der Waals surface area (Å²) in [6.45, 7) is 0.292. The summed E-state index contributed by atoms with van der Waals surface area (Å²) in [5, 5.41) is 10.4. The Balaban J connectivity index is 2.21. The molecule has 2 heterocycles. The van der Waals surface area contributed by atoms with E-state index in [9.17, 15) is 14.8 Å². The predicted molar refractivity (Wildman–Crippen MR) is 56.8 cm³/mol. The molecule has 0 aliphatic carbocycles. The van der Waals surface area contributed by atoms with Gasteiger partial charge in [0.1, 0.15) is 12.1 Å². The van der Waals surface area contributed by atoms with E-state index in [0.717, 1.165) is 5.56 Å². The van der Waals surface area contributed by atoms with Crippen LogP contribution in [-0.2, 0) is 4.79 Å². The van der Waals surface area contributed by atoms with Crippen LogP contribution in [0.2, 0.25) is 0 Å². The summed E-state index contributed by atoms with van der Waals surface area (Å²) in [5.41, 5.74) is 6.82. The summed E-state index contributed by atoms with van der Waals surface area (Å²) in [6, 6.07) is 5.39. The van der Waals surface area contributed by atoms with Gasteiger partial charge in [0.25, 0.3) is 0 Å². The second kappa shape index (κ2) is 3.21. The topological polar surface area (TPSA) is 86.9 Å². The molecular formula is C11H11N3O3. The molecule has 0 spiro atoms. The quantitative estimate of drug-likeness (QED) is 0.688. The lowest BCUT2D eigenvalue weighted by Gasteiger charge is -2.30. The van der Waals surface area contributed by atoms with E-state index in [2.05, 4.69) is 0 Å². The third-order valence-corrected chi connectivity index (χ3v) is 3.34. The molecule has 1 aromatic rings. The number of benzene rings is 1. The van der Waals surface area contributed by atoms with Crippen LogP contribution in [0.1, 0.15) is 23.2 Å². The molecular weight excluding hydrogens is 222 g/mol. The van der Waals surface area contributed by atoms with Gasteiger partial charge in [-0.05, 0) is 11.1 Å². The largest absolute Gasteiger partial charge is 0.368 e. The molecule has 6 nitrogen and oxygen atoms in total. The van der Waals surface area contributed by atoms with Gasteiger partial charge in [-0.15, -0.1) is 0 Å². The highest BCUT2D eigenvalue weighted by molar-refractivity contribution is 5.89. The molecule has 3 N–H and O–H groups in total. The summed E-state index contributed by atoms with van der Waals surface area (Å²) in [7, 11) is 0. The molecule has 2 aliphatic rings. The van der Waals surface area contributed by atoms with E-state index >= 15 is 0 Å². The molecule has 0 saturated carbocycles. The average molecular weight is 233 g/mol. The van der Waals surface area contributed by atoms with Crippen LogP contribution in [0.3, 0.4) is 0 Å². The van der Waals surface area contributed by atoms with Crippen molar-refractivity contribution in [1.29, 1.82) is 0 Å². The van der Waals surface area contributed by atoms with Crippen LogP contribution in [0.4, 0.5) is 4.79 Å². The van der Waals surface area contributed by atoms with E-state index in [0.29, 0.717) is 17.2 Å². The van der Waals surface area contributed by atoms with Crippen molar-refractivity contribution in [3.8, 4) is 0 Å². The monoisotopic (exact) mass is 233 g/mol. The maximum absolute atomic E-state index is 11.8. The highest BCUT2D eigenvalue weighted by atomic mass is 16.5. The number of hydrogen-bond acceptors (Lipinski definition) is 3. The van der Waals surface area contributed by atoms with Gasteiger partial charge >= 0.3 is 6.03 Å². The molecule has 2 aliphatic heterocycles. The van der Waals surface area contributed by atoms with Crippen molar-refractivity contribution in [2.75, 3.05) is 6.54 Å². The number of rotatable bonds is 1. The first-order chi connectivity index (χ1) is 8.11. The standard InChI is InChI=1S/C11H11N3O3/c12-10(15)9-7-4-2-1-3-6(7)8-5-13(9)11(16)14(8)17/h1-4,8-9,17H,5H2,(H2,12,15)/t8-,9+/m0/s1. The van der Waals surface area contributed by atoms with E-state index in [1.165, 1.54) is 4.90 Å². The lowest BCUT2D eigenvalue weighted by atomic mass is 9.91. The van der Waals surface area contributed by atoms with Gasteiger partial charge in [-0.25, -0.2) is 4.79 Å². The molecule has 2 bridgehead atoms. The predicted octanol–water partition coefficient (Wildman–Crippen LogP) is 0.395. The minimum Gasteiger partial charge on any atom is -0.368 e. The number of carbonyl (C=O) groups is 2. The van der Waals surface area contributed by atoms with Gasteiger partial charge in [-0.1, -0.05) is 24.3 Å². The summed E-state index contributed by atoms with van der Waals surface area (Å²) in [4.78, 5) is 24.6. The number of hydrogen-bond donors (Lipinski definition) is 2. The van der Waals surface area contributed by atoms with Gasteiger partial charge in [-0.3, -0.25) is 10.0 Å². The lowest BCUT2D eigenvalue weighted by molar-refractivity contribution is -0.122. The molecule has 2 atom stereocenters. The Hall–Kier alpha value is -2.08. The Kier molecular flexibility index (Phi) is 1.90. The second-order valence-electron chi connectivity index (χ2n) is 4.23. The summed E-state index contributed by atoms with van der Waals surface area (Å²) >= 11 is 0. The van der Waals surface area contributed by atoms with E-state index in [-0.39, 0.29) is 0 Å². The van der Waals surface area contributed by atoms with Crippen molar-refractivity contribution in [3.05, 3.63) is 35.4 Å². The van der Waals surface area contributed by atoms with Crippen molar-refractivity contribution in [1.82, 2.24) is 9.96 Å². The molecule has 17 heavy (non-hydrogen) atoms. The fourth-order valence-corrected chi connectivity index (χ4v) is 2.59. The van der Waals surface area contributed by atoms with E-state index in [1.807, 2.05) is 6.07 Å². The van der Waals surface area contributed by atoms with E-state index in [4.69, 9.17) is 5.73 Å². The van der Waals surface area contributed by atoms with Gasteiger partial charge in [0.2, 0.25) is 5.91 Å². The van der Waals surface area contributed by atoms with Crippen LogP contribution >= 0.6 is 0 Å². The van der Waals surface area contributed by atoms with E-state index in [1.54, 1.807) is 18.2 Å². The molecule has 3 rings (SSSR count). The highest BCUT2D eigenvalue weighted by Crippen LogP contribution is 2.42. The van der Waals surface area contributed by atoms with Crippen molar-refractivity contribution in [2.45, 2.75) is 12.1 Å². The highest BCUT2D eigenvalue weighted by Gasteiger charge is 2.49. The lowest BCUT2D eigenvalue weighted by Crippen LogP contribution is -2.41. The van der Waals surface area contributed by atoms with Crippen molar-refractivity contribution < 1.29 is 14.8 Å². The molecule has 0 aromatic heterocycles. The van der Waals surface area contributed by atoms with Gasteiger partial charge in [0.05, 0.1) is 6.54 Å². The number of nitrogens with zero attached hydrogens (tertiary/aromatic N) is 2. The number of primary amides is 1. The summed E-state index contributed by atoms with van der Waals surface area (Å²) in [5.74, 6) is -0.584. The SMILES string of the molecule is NC(=O)[C@H]1c2ccccc2[C@@H]2CN1C(=O)N2O. The van der Waals surface area contributed by atoms with Crippen LogP contribution in [-0.4, -0.2) is 33.7 Å². The van der Waals surface area contributed by atoms with E-state index < -0.39 is 24.0 Å². The smallest absolute Gasteiger partial charge is 0.345 e. The first-order valence-electron chi connectivity index (χ1n) is 5.28. The van der Waals surface area contributed by atoms with Crippen molar-refractivity contribution in [3.63, 3.8) is 0 Å². The second-order valence-corrected chi connectivity index (χ2v) is 4.23. The number of nitrogens with two attached hydrogens (primary N) is 1. The van der Waals surface area contributed by atoms with Crippen molar-refractivity contribution >= 4 is 11.9 Å². The number of fused-ring (bicyclic) bond motifs is 4. The molecule has 0 radical (unpaired) electrons. The Bertz CT molecular complexity index is 516. The van der Waals surface area contributed by atoms with Gasteiger partial charge in [-0.2, -0.15) is 5.06 Å². The van der Waals surface area contributed by atoms with Crippen LogP contribution < -0.4 is 5.73 Å². The number of urea groups is 1. The zero-order chi connectivity index (χ0) is 12.2. The Morgan fingerprint density at radius 2 is 2.00 bits per heavy atom. The van der Waals surface area contributed by atoms with Crippen LogP contribution in [0.15, 0.2) is 24.3 Å². The third kappa shape index (κ3) is 1.18. The Morgan fingerprint density at radius 3 is 2.65 bits per heavy atom. The van der Waals surface area contributed by atoms with Crippen molar-refractivity contribution in [2.24, 2.45) is 5.73 Å². The minimum atomic E-state index is -0.785. The molecule has 3 amide bonds. The Labute approximate surface area is 97.2 Å². The molecule has 0 unspecified atom stereocenters. The molecule has 6 heteroatoms. The zero-order valence-electron chi connectivity index (χ0n) is 8.91. The fraction of sp³-hybridized carbons (Fsp3) is 0.273. The first kappa shape index (κ1) is 10.1. The van der Waals surface area contributed by atoms with Gasteiger partial charge in [0.15, 0.2) is 0 Å². The molecule has 88 valence electrons. The maximum Gasteiger partial charge on any atom is 0.345 e. The number of hydroxylamine groups is 2. The number of amides is 3. The molecule has 1 fully saturated rings. The molecule has 1 aromatic carbocycles. The number of carbonyl (C=O) groups excluding carboxylic acids is 2. The van der Waals surface area contributed by atoms with Gasteiger partial charge < -0.3 is 10.6 Å². The average Bonchev–Trinajstić information content (AvgIpc) is 2.56. The molecule has 1 saturated heterocycles. The summed E-state index contributed by atoms with van der Waals surface area (Å²) in [6.07, 6.45) is 0. The fourth-order valence-electron chi connectivity index (χ4n) is 2.59. The van der Waals surface area contributed by atoms with Gasteiger partial charge in [0, 0.05) is 0 Å². The first-order valence-corrected chi connectivity index (χ1v) is 5.28. The zero-order valence-corrected chi connectivity index (χ0v) is 8.91. The summed E-state index contributed by atoms with van der Waals surface area (Å²) < 4.78 is 0.